The van der Waals surface area contributed by atoms with Gasteiger partial charge in [-0.15, -0.1) is 0 Å². The zero-order valence-corrected chi connectivity index (χ0v) is 12.2. The summed E-state index contributed by atoms with van der Waals surface area (Å²) in [6.07, 6.45) is 4.43. The molecule has 0 aliphatic rings. The molecule has 0 saturated carbocycles. The molecule has 0 radical (unpaired) electrons. The first-order valence-corrected chi connectivity index (χ1v) is 7.09. The Labute approximate surface area is 116 Å². The number of halogens is 1. The van der Waals surface area contributed by atoms with Crippen molar-refractivity contribution in [1.82, 2.24) is 4.90 Å². The number of hydrogen-bond donors (Lipinski definition) is 1. The minimum Gasteiger partial charge on any atom is -0.396 e. The lowest BCUT2D eigenvalue weighted by Crippen LogP contribution is -2.23. The van der Waals surface area contributed by atoms with Crippen molar-refractivity contribution in [2.75, 3.05) is 20.2 Å². The Kier molecular flexibility index (Phi) is 7.33. The largest absolute Gasteiger partial charge is 0.396 e. The third-order valence-electron chi connectivity index (χ3n) is 3.43. The van der Waals surface area contributed by atoms with Crippen molar-refractivity contribution >= 4 is 11.6 Å². The van der Waals surface area contributed by atoms with Gasteiger partial charge in [-0.05, 0) is 51.1 Å². The maximum atomic E-state index is 8.71. The van der Waals surface area contributed by atoms with Crippen LogP contribution in [0.15, 0.2) is 24.3 Å². The Bertz CT molecular complexity index is 326. The Morgan fingerprint density at radius 3 is 2.33 bits per heavy atom. The van der Waals surface area contributed by atoms with Crippen LogP contribution in [0.2, 0.25) is 5.02 Å². The third kappa shape index (κ3) is 5.38. The van der Waals surface area contributed by atoms with E-state index in [0.29, 0.717) is 12.6 Å². The van der Waals surface area contributed by atoms with E-state index in [9.17, 15) is 0 Å². The Morgan fingerprint density at radius 1 is 1.11 bits per heavy atom. The fraction of sp³-hybridized carbons (Fsp3) is 0.600. The van der Waals surface area contributed by atoms with E-state index in [0.717, 1.165) is 24.4 Å². The monoisotopic (exact) mass is 269 g/mol. The van der Waals surface area contributed by atoms with E-state index < -0.39 is 0 Å². The molecule has 1 aromatic rings. The lowest BCUT2D eigenvalue weighted by Gasteiger charge is -2.25. The summed E-state index contributed by atoms with van der Waals surface area (Å²) in [6, 6.07) is 8.50. The second-order valence-corrected chi connectivity index (χ2v) is 5.28. The molecule has 1 atom stereocenters. The van der Waals surface area contributed by atoms with Gasteiger partial charge in [-0.2, -0.15) is 0 Å². The average molecular weight is 270 g/mol. The van der Waals surface area contributed by atoms with Gasteiger partial charge in [-0.3, -0.25) is 4.90 Å². The molecule has 0 spiro atoms. The normalized spacial score (nSPS) is 12.9. The first kappa shape index (κ1) is 15.5. The molecule has 102 valence electrons. The molecule has 0 fully saturated rings. The van der Waals surface area contributed by atoms with Gasteiger partial charge in [-0.1, -0.05) is 36.6 Å². The van der Waals surface area contributed by atoms with Gasteiger partial charge in [0.25, 0.3) is 0 Å². The summed E-state index contributed by atoms with van der Waals surface area (Å²) in [4.78, 5) is 2.36. The highest BCUT2D eigenvalue weighted by Gasteiger charge is 2.10. The lowest BCUT2D eigenvalue weighted by atomic mass is 10.1. The van der Waals surface area contributed by atoms with E-state index in [-0.39, 0.29) is 0 Å². The van der Waals surface area contributed by atoms with Crippen molar-refractivity contribution in [2.24, 2.45) is 0 Å². The van der Waals surface area contributed by atoms with E-state index in [1.807, 2.05) is 12.1 Å². The van der Waals surface area contributed by atoms with Crippen LogP contribution in [0.25, 0.3) is 0 Å². The summed E-state index contributed by atoms with van der Waals surface area (Å²) in [6.45, 7) is 3.63. The summed E-state index contributed by atoms with van der Waals surface area (Å²) >= 11 is 5.89. The van der Waals surface area contributed by atoms with E-state index in [1.165, 1.54) is 18.4 Å². The lowest BCUT2D eigenvalue weighted by molar-refractivity contribution is 0.250. The van der Waals surface area contributed by atoms with Crippen molar-refractivity contribution in [1.29, 1.82) is 0 Å². The van der Waals surface area contributed by atoms with Crippen molar-refractivity contribution in [3.05, 3.63) is 34.9 Å². The van der Waals surface area contributed by atoms with Crippen LogP contribution in [0, 0.1) is 0 Å². The van der Waals surface area contributed by atoms with Gasteiger partial charge in [0.1, 0.15) is 0 Å². The third-order valence-corrected chi connectivity index (χ3v) is 3.68. The molecule has 0 aliphatic heterocycles. The summed E-state index contributed by atoms with van der Waals surface area (Å²) in [5, 5.41) is 9.50. The molecule has 1 unspecified atom stereocenters. The van der Waals surface area contributed by atoms with Crippen molar-refractivity contribution in [2.45, 2.75) is 38.6 Å². The molecule has 2 nitrogen and oxygen atoms in total. The molecule has 0 bridgehead atoms. The fourth-order valence-corrected chi connectivity index (χ4v) is 2.14. The van der Waals surface area contributed by atoms with E-state index in [2.05, 4.69) is 31.0 Å². The zero-order valence-electron chi connectivity index (χ0n) is 11.4. The van der Waals surface area contributed by atoms with Gasteiger partial charge in [0, 0.05) is 17.7 Å². The highest BCUT2D eigenvalue weighted by molar-refractivity contribution is 6.30. The molecule has 0 aromatic heterocycles. The number of rotatable bonds is 8. The number of aliphatic hydroxyl groups is 1. The van der Waals surface area contributed by atoms with Crippen molar-refractivity contribution < 1.29 is 5.11 Å². The summed E-state index contributed by atoms with van der Waals surface area (Å²) in [7, 11) is 2.16. The second kappa shape index (κ2) is 8.52. The van der Waals surface area contributed by atoms with Gasteiger partial charge in [0.2, 0.25) is 0 Å². The van der Waals surface area contributed by atoms with E-state index >= 15 is 0 Å². The van der Waals surface area contributed by atoms with Gasteiger partial charge in [-0.25, -0.2) is 0 Å². The first-order valence-electron chi connectivity index (χ1n) is 6.71. The number of aliphatic hydroxyl groups excluding tert-OH is 1. The quantitative estimate of drug-likeness (QED) is 0.724. The molecular formula is C15H24ClNO. The smallest absolute Gasteiger partial charge is 0.0431 e. The van der Waals surface area contributed by atoms with Gasteiger partial charge >= 0.3 is 0 Å². The van der Waals surface area contributed by atoms with Crippen LogP contribution in [0.5, 0.6) is 0 Å². The molecule has 0 heterocycles. The molecule has 1 rings (SSSR count). The molecule has 18 heavy (non-hydrogen) atoms. The fourth-order valence-electron chi connectivity index (χ4n) is 2.02. The van der Waals surface area contributed by atoms with Crippen LogP contribution in [0.4, 0.5) is 0 Å². The highest BCUT2D eigenvalue weighted by Crippen LogP contribution is 2.21. The zero-order chi connectivity index (χ0) is 13.4. The minimum absolute atomic E-state index is 0.316. The van der Waals surface area contributed by atoms with Crippen LogP contribution in [0.3, 0.4) is 0 Å². The summed E-state index contributed by atoms with van der Waals surface area (Å²) < 4.78 is 0. The van der Waals surface area contributed by atoms with Crippen molar-refractivity contribution in [3.8, 4) is 0 Å². The van der Waals surface area contributed by atoms with E-state index in [1.54, 1.807) is 0 Å². The van der Waals surface area contributed by atoms with E-state index in [4.69, 9.17) is 16.7 Å². The first-order chi connectivity index (χ1) is 8.65. The number of benzene rings is 1. The van der Waals surface area contributed by atoms with Crippen LogP contribution < -0.4 is 0 Å². The Morgan fingerprint density at radius 2 is 1.72 bits per heavy atom. The average Bonchev–Trinajstić information content (AvgIpc) is 2.38. The van der Waals surface area contributed by atoms with Crippen LogP contribution >= 0.6 is 11.6 Å². The standard InChI is InChI=1S/C15H24ClNO/c1-13(14-7-9-15(16)10-8-14)17(2)11-5-3-4-6-12-18/h7-10,13,18H,3-6,11-12H2,1-2H3. The van der Waals surface area contributed by atoms with Crippen molar-refractivity contribution in [3.63, 3.8) is 0 Å². The Hall–Kier alpha value is -0.570. The number of unbranched alkanes of at least 4 members (excludes halogenated alkanes) is 3. The summed E-state index contributed by atoms with van der Waals surface area (Å²) in [5.41, 5.74) is 1.30. The van der Waals surface area contributed by atoms with Crippen LogP contribution in [0.1, 0.15) is 44.2 Å². The highest BCUT2D eigenvalue weighted by atomic mass is 35.5. The predicted octanol–water partition coefficient (Wildman–Crippen LogP) is 3.89. The molecule has 3 heteroatoms. The predicted molar refractivity (Wildman–Crippen MR) is 78.1 cm³/mol. The number of hydrogen-bond acceptors (Lipinski definition) is 2. The summed E-state index contributed by atoms with van der Waals surface area (Å²) in [5.74, 6) is 0. The van der Waals surface area contributed by atoms with Gasteiger partial charge in [0.15, 0.2) is 0 Å². The molecule has 0 aliphatic carbocycles. The number of nitrogens with zero attached hydrogens (tertiary/aromatic N) is 1. The molecule has 1 N–H and O–H groups in total. The molecule has 0 amide bonds. The minimum atomic E-state index is 0.316. The van der Waals surface area contributed by atoms with Gasteiger partial charge < -0.3 is 5.11 Å². The molecular weight excluding hydrogens is 246 g/mol. The SMILES string of the molecule is CC(c1ccc(Cl)cc1)N(C)CCCCCCO. The maximum absolute atomic E-state index is 8.71. The van der Waals surface area contributed by atoms with Gasteiger partial charge in [0.05, 0.1) is 0 Å². The van der Waals surface area contributed by atoms with Crippen LogP contribution in [-0.4, -0.2) is 30.2 Å². The topological polar surface area (TPSA) is 23.5 Å². The second-order valence-electron chi connectivity index (χ2n) is 4.85. The Balaban J connectivity index is 2.32. The molecule has 0 saturated heterocycles. The maximum Gasteiger partial charge on any atom is 0.0431 e. The molecule has 1 aromatic carbocycles. The van der Waals surface area contributed by atoms with Crippen LogP contribution in [-0.2, 0) is 0 Å².